The number of likely N-dealkylation sites (N-methyl/N-ethyl adjacent to an activating group) is 1. The van der Waals surface area contributed by atoms with Crippen LogP contribution in [0.5, 0.6) is 0 Å². The summed E-state index contributed by atoms with van der Waals surface area (Å²) < 4.78 is 1.84. The van der Waals surface area contributed by atoms with Gasteiger partial charge in [0.15, 0.2) is 5.82 Å². The van der Waals surface area contributed by atoms with Crippen molar-refractivity contribution >= 4 is 11.3 Å². The van der Waals surface area contributed by atoms with E-state index in [1.54, 1.807) is 12.4 Å². The molecule has 2 rings (SSSR count). The van der Waals surface area contributed by atoms with Crippen LogP contribution in [0.4, 0.5) is 5.82 Å². The Morgan fingerprint density at radius 2 is 2.11 bits per heavy atom. The Hall–Kier alpha value is -1.62. The lowest BCUT2D eigenvalue weighted by Crippen LogP contribution is -2.36. The molecule has 0 fully saturated rings. The molecule has 0 aliphatic rings. The standard InChI is InChI=1S/C13H21N5/c1-10(2)11(9-17(3)4)16-13-12-5-6-15-18(12)8-7-14-13/h5-8,10-11H,9H2,1-4H3,(H,14,16). The Morgan fingerprint density at radius 1 is 1.33 bits per heavy atom. The summed E-state index contributed by atoms with van der Waals surface area (Å²) in [5, 5.41) is 7.74. The van der Waals surface area contributed by atoms with Gasteiger partial charge < -0.3 is 10.2 Å². The molecule has 1 atom stereocenters. The third-order valence-electron chi connectivity index (χ3n) is 3.01. The highest BCUT2D eigenvalue weighted by molar-refractivity contribution is 5.67. The summed E-state index contributed by atoms with van der Waals surface area (Å²) in [6.45, 7) is 5.42. The van der Waals surface area contributed by atoms with E-state index < -0.39 is 0 Å². The van der Waals surface area contributed by atoms with Gasteiger partial charge in [-0.05, 0) is 26.1 Å². The van der Waals surface area contributed by atoms with Gasteiger partial charge in [0.05, 0.1) is 6.20 Å². The van der Waals surface area contributed by atoms with Crippen molar-refractivity contribution in [2.75, 3.05) is 26.0 Å². The lowest BCUT2D eigenvalue weighted by atomic mass is 10.0. The van der Waals surface area contributed by atoms with E-state index in [-0.39, 0.29) is 0 Å². The summed E-state index contributed by atoms with van der Waals surface area (Å²) in [7, 11) is 4.17. The maximum atomic E-state index is 4.42. The van der Waals surface area contributed by atoms with Crippen LogP contribution in [0.25, 0.3) is 5.52 Å². The summed E-state index contributed by atoms with van der Waals surface area (Å²) in [5.74, 6) is 1.44. The highest BCUT2D eigenvalue weighted by Gasteiger charge is 2.16. The maximum absolute atomic E-state index is 4.42. The average Bonchev–Trinajstić information content (AvgIpc) is 2.76. The number of anilines is 1. The van der Waals surface area contributed by atoms with Crippen LogP contribution in [0, 0.1) is 5.92 Å². The molecule has 98 valence electrons. The molecule has 2 aromatic rings. The molecule has 1 unspecified atom stereocenters. The first-order valence-electron chi connectivity index (χ1n) is 6.27. The third kappa shape index (κ3) is 2.79. The van der Waals surface area contributed by atoms with Gasteiger partial charge in [-0.3, -0.25) is 0 Å². The minimum absolute atomic E-state index is 0.369. The minimum Gasteiger partial charge on any atom is -0.364 e. The largest absolute Gasteiger partial charge is 0.364 e. The smallest absolute Gasteiger partial charge is 0.152 e. The summed E-state index contributed by atoms with van der Waals surface area (Å²) in [5.41, 5.74) is 1.02. The van der Waals surface area contributed by atoms with Crippen molar-refractivity contribution in [1.29, 1.82) is 0 Å². The molecule has 5 nitrogen and oxygen atoms in total. The molecule has 0 spiro atoms. The van der Waals surface area contributed by atoms with Gasteiger partial charge >= 0.3 is 0 Å². The first kappa shape index (κ1) is 12.8. The molecular formula is C13H21N5. The number of nitrogens with zero attached hydrogens (tertiary/aromatic N) is 4. The van der Waals surface area contributed by atoms with E-state index in [1.165, 1.54) is 0 Å². The molecule has 2 aromatic heterocycles. The van der Waals surface area contributed by atoms with Gasteiger partial charge in [0, 0.05) is 25.0 Å². The van der Waals surface area contributed by atoms with Crippen molar-refractivity contribution in [3.63, 3.8) is 0 Å². The van der Waals surface area contributed by atoms with Crippen molar-refractivity contribution < 1.29 is 0 Å². The first-order chi connectivity index (χ1) is 8.58. The first-order valence-corrected chi connectivity index (χ1v) is 6.27. The van der Waals surface area contributed by atoms with Crippen LogP contribution < -0.4 is 5.32 Å². The van der Waals surface area contributed by atoms with E-state index in [1.807, 2.05) is 16.8 Å². The highest BCUT2D eigenvalue weighted by atomic mass is 15.2. The van der Waals surface area contributed by atoms with E-state index in [9.17, 15) is 0 Å². The van der Waals surface area contributed by atoms with Gasteiger partial charge in [0.1, 0.15) is 5.52 Å². The Morgan fingerprint density at radius 3 is 2.78 bits per heavy atom. The summed E-state index contributed by atoms with van der Waals surface area (Å²) in [4.78, 5) is 6.61. The molecule has 0 aliphatic carbocycles. The Bertz CT molecular complexity index is 503. The van der Waals surface area contributed by atoms with Crippen LogP contribution in [0.3, 0.4) is 0 Å². The third-order valence-corrected chi connectivity index (χ3v) is 3.01. The molecule has 2 heterocycles. The van der Waals surface area contributed by atoms with Crippen LogP contribution in [-0.4, -0.2) is 46.2 Å². The van der Waals surface area contributed by atoms with Crippen molar-refractivity contribution in [1.82, 2.24) is 19.5 Å². The second-order valence-electron chi connectivity index (χ2n) is 5.19. The number of hydrogen-bond donors (Lipinski definition) is 1. The van der Waals surface area contributed by atoms with E-state index in [4.69, 9.17) is 0 Å². The van der Waals surface area contributed by atoms with E-state index in [0.717, 1.165) is 17.9 Å². The minimum atomic E-state index is 0.369. The summed E-state index contributed by atoms with van der Waals surface area (Å²) in [6, 6.07) is 2.34. The molecule has 0 aromatic carbocycles. The van der Waals surface area contributed by atoms with Crippen LogP contribution >= 0.6 is 0 Å². The predicted octanol–water partition coefficient (Wildman–Crippen LogP) is 1.73. The van der Waals surface area contributed by atoms with Crippen LogP contribution in [0.2, 0.25) is 0 Å². The number of rotatable bonds is 5. The van der Waals surface area contributed by atoms with Gasteiger partial charge in [-0.1, -0.05) is 13.8 Å². The molecule has 1 N–H and O–H groups in total. The van der Waals surface area contributed by atoms with Crippen molar-refractivity contribution in [3.8, 4) is 0 Å². The highest BCUT2D eigenvalue weighted by Crippen LogP contribution is 2.16. The molecule has 0 aliphatic heterocycles. The SMILES string of the molecule is CC(C)C(CN(C)C)Nc1nccn2nccc12. The Labute approximate surface area is 108 Å². The van der Waals surface area contributed by atoms with Crippen LogP contribution in [-0.2, 0) is 0 Å². The zero-order chi connectivity index (χ0) is 13.1. The van der Waals surface area contributed by atoms with Gasteiger partial charge in [0.25, 0.3) is 0 Å². The fourth-order valence-electron chi connectivity index (χ4n) is 1.96. The lowest BCUT2D eigenvalue weighted by molar-refractivity contribution is 0.344. The van der Waals surface area contributed by atoms with Gasteiger partial charge in [-0.2, -0.15) is 5.10 Å². The molecule has 0 amide bonds. The molecule has 5 heteroatoms. The fraction of sp³-hybridized carbons (Fsp3) is 0.538. The molecular weight excluding hydrogens is 226 g/mol. The van der Waals surface area contributed by atoms with Crippen molar-refractivity contribution in [3.05, 3.63) is 24.7 Å². The molecule has 18 heavy (non-hydrogen) atoms. The second kappa shape index (κ2) is 5.35. The second-order valence-corrected chi connectivity index (χ2v) is 5.19. The van der Waals surface area contributed by atoms with E-state index >= 15 is 0 Å². The Balaban J connectivity index is 2.22. The van der Waals surface area contributed by atoms with Crippen LogP contribution in [0.1, 0.15) is 13.8 Å². The van der Waals surface area contributed by atoms with Crippen LogP contribution in [0.15, 0.2) is 24.7 Å². The number of hydrogen-bond acceptors (Lipinski definition) is 4. The molecule has 0 saturated carbocycles. The quantitative estimate of drug-likeness (QED) is 0.874. The van der Waals surface area contributed by atoms with E-state index in [2.05, 4.69) is 48.2 Å². The van der Waals surface area contributed by atoms with Gasteiger partial charge in [-0.25, -0.2) is 9.50 Å². The average molecular weight is 247 g/mol. The normalized spacial score (nSPS) is 13.4. The Kier molecular flexibility index (Phi) is 3.81. The molecule has 0 bridgehead atoms. The number of aromatic nitrogens is 3. The van der Waals surface area contributed by atoms with Crippen molar-refractivity contribution in [2.45, 2.75) is 19.9 Å². The topological polar surface area (TPSA) is 45.5 Å². The zero-order valence-electron chi connectivity index (χ0n) is 11.5. The zero-order valence-corrected chi connectivity index (χ0v) is 11.5. The maximum Gasteiger partial charge on any atom is 0.152 e. The van der Waals surface area contributed by atoms with E-state index in [0.29, 0.717) is 12.0 Å². The fourth-order valence-corrected chi connectivity index (χ4v) is 1.96. The van der Waals surface area contributed by atoms with Gasteiger partial charge in [0.2, 0.25) is 0 Å². The predicted molar refractivity (Wildman–Crippen MR) is 73.8 cm³/mol. The monoisotopic (exact) mass is 247 g/mol. The van der Waals surface area contributed by atoms with Gasteiger partial charge in [-0.15, -0.1) is 0 Å². The number of fused-ring (bicyclic) bond motifs is 1. The van der Waals surface area contributed by atoms with Crippen molar-refractivity contribution in [2.24, 2.45) is 5.92 Å². The number of nitrogens with one attached hydrogen (secondary N) is 1. The summed E-state index contributed by atoms with van der Waals surface area (Å²) in [6.07, 6.45) is 5.42. The lowest BCUT2D eigenvalue weighted by Gasteiger charge is -2.26. The summed E-state index contributed by atoms with van der Waals surface area (Å²) >= 11 is 0. The molecule has 0 saturated heterocycles. The molecule has 0 radical (unpaired) electrons.